The number of rotatable bonds is 6. The number of thiazole rings is 1. The highest BCUT2D eigenvalue weighted by atomic mass is 32.1. The van der Waals surface area contributed by atoms with Gasteiger partial charge in [-0.05, 0) is 25.1 Å². The Hall–Kier alpha value is -3.27. The van der Waals surface area contributed by atoms with Crippen molar-refractivity contribution in [3.05, 3.63) is 52.3 Å². The molecule has 7 nitrogen and oxygen atoms in total. The number of hydrogen-bond donors (Lipinski definition) is 0. The third kappa shape index (κ3) is 4.33. The summed E-state index contributed by atoms with van der Waals surface area (Å²) in [7, 11) is 2.87. The smallest absolute Gasteiger partial charge is 0.326 e. The van der Waals surface area contributed by atoms with Gasteiger partial charge in [-0.15, -0.1) is 0 Å². The van der Waals surface area contributed by atoms with Crippen LogP contribution in [-0.2, 0) is 16.1 Å². The Morgan fingerprint density at radius 3 is 2.57 bits per heavy atom. The molecule has 0 spiro atoms. The van der Waals surface area contributed by atoms with Crippen molar-refractivity contribution in [1.82, 2.24) is 4.57 Å². The number of ether oxygens (including phenoxy) is 3. The molecule has 0 radical (unpaired) electrons. The molecule has 0 fully saturated rings. The van der Waals surface area contributed by atoms with Crippen molar-refractivity contribution in [2.75, 3.05) is 20.8 Å². The highest BCUT2D eigenvalue weighted by molar-refractivity contribution is 7.16. The molecule has 0 bridgehead atoms. The highest BCUT2D eigenvalue weighted by Crippen LogP contribution is 2.26. The van der Waals surface area contributed by atoms with E-state index in [1.54, 1.807) is 13.0 Å². The number of benzene rings is 2. The number of fused-ring (bicyclic) bond motifs is 1. The molecular formula is C20H18F2N2O5S. The lowest BCUT2D eigenvalue weighted by Crippen LogP contribution is -2.23. The Labute approximate surface area is 174 Å². The topological polar surface area (TPSA) is 79.1 Å². The fourth-order valence-corrected chi connectivity index (χ4v) is 3.89. The summed E-state index contributed by atoms with van der Waals surface area (Å²) < 4.78 is 44.8. The third-order valence-electron chi connectivity index (χ3n) is 4.12. The SMILES string of the molecule is CCOC(=O)Cn1c(=NC(=O)c2ccc(OC)cc2OC)sc2cc(F)cc(F)c21. The maximum absolute atomic E-state index is 14.5. The monoisotopic (exact) mass is 436 g/mol. The molecule has 3 rings (SSSR count). The molecule has 30 heavy (non-hydrogen) atoms. The lowest BCUT2D eigenvalue weighted by Gasteiger charge is -2.08. The van der Waals surface area contributed by atoms with E-state index in [9.17, 15) is 18.4 Å². The van der Waals surface area contributed by atoms with Crippen LogP contribution in [0, 0.1) is 11.6 Å². The van der Waals surface area contributed by atoms with Gasteiger partial charge in [-0.1, -0.05) is 11.3 Å². The molecule has 1 aromatic heterocycles. The second-order valence-electron chi connectivity index (χ2n) is 5.99. The molecule has 2 aromatic carbocycles. The number of methoxy groups -OCH3 is 2. The minimum atomic E-state index is -0.874. The first-order valence-corrected chi connectivity index (χ1v) is 9.64. The number of halogens is 2. The van der Waals surface area contributed by atoms with E-state index in [0.29, 0.717) is 11.8 Å². The van der Waals surface area contributed by atoms with Gasteiger partial charge < -0.3 is 18.8 Å². The van der Waals surface area contributed by atoms with Crippen LogP contribution >= 0.6 is 11.3 Å². The summed E-state index contributed by atoms with van der Waals surface area (Å²) in [5.74, 6) is -2.25. The van der Waals surface area contributed by atoms with Crippen LogP contribution in [0.4, 0.5) is 8.78 Å². The van der Waals surface area contributed by atoms with Crippen molar-refractivity contribution in [3.8, 4) is 11.5 Å². The zero-order valence-corrected chi connectivity index (χ0v) is 17.2. The van der Waals surface area contributed by atoms with Gasteiger partial charge in [0, 0.05) is 12.1 Å². The number of carbonyl (C=O) groups excluding carboxylic acids is 2. The largest absolute Gasteiger partial charge is 0.497 e. The molecule has 3 aromatic rings. The molecule has 0 atom stereocenters. The molecule has 10 heteroatoms. The molecule has 0 aliphatic heterocycles. The average Bonchev–Trinajstić information content (AvgIpc) is 3.04. The standard InChI is InChI=1S/C20H18F2N2O5S/c1-4-29-17(25)10-24-18-14(22)7-11(21)8-16(18)30-20(24)23-19(26)13-6-5-12(27-2)9-15(13)28-3/h5-9H,4,10H2,1-3H3. The maximum atomic E-state index is 14.5. The van der Waals surface area contributed by atoms with Gasteiger partial charge >= 0.3 is 5.97 Å². The minimum absolute atomic E-state index is 0.0189. The molecule has 0 aliphatic rings. The van der Waals surface area contributed by atoms with E-state index in [1.807, 2.05) is 0 Å². The van der Waals surface area contributed by atoms with E-state index in [-0.39, 0.29) is 39.5 Å². The summed E-state index contributed by atoms with van der Waals surface area (Å²) in [5, 5.41) is 0. The van der Waals surface area contributed by atoms with E-state index in [0.717, 1.165) is 17.4 Å². The van der Waals surface area contributed by atoms with Crippen LogP contribution in [-0.4, -0.2) is 37.3 Å². The molecular weight excluding hydrogens is 418 g/mol. The van der Waals surface area contributed by atoms with Crippen LogP contribution in [0.3, 0.4) is 0 Å². The summed E-state index contributed by atoms with van der Waals surface area (Å²) in [6.45, 7) is 1.38. The van der Waals surface area contributed by atoms with Crippen LogP contribution in [0.15, 0.2) is 35.3 Å². The van der Waals surface area contributed by atoms with Crippen molar-refractivity contribution in [2.24, 2.45) is 4.99 Å². The lowest BCUT2D eigenvalue weighted by molar-refractivity contribution is -0.143. The van der Waals surface area contributed by atoms with E-state index in [4.69, 9.17) is 14.2 Å². The molecule has 0 saturated carbocycles. The van der Waals surface area contributed by atoms with E-state index in [1.165, 1.54) is 30.9 Å². The summed E-state index contributed by atoms with van der Waals surface area (Å²) >= 11 is 0.879. The summed E-state index contributed by atoms with van der Waals surface area (Å²) in [5.41, 5.74) is 0.104. The Bertz CT molecular complexity index is 1190. The van der Waals surface area contributed by atoms with Gasteiger partial charge in [0.05, 0.1) is 36.6 Å². The van der Waals surface area contributed by atoms with E-state index in [2.05, 4.69) is 4.99 Å². The van der Waals surface area contributed by atoms with Crippen LogP contribution in [0.25, 0.3) is 10.2 Å². The van der Waals surface area contributed by atoms with Gasteiger partial charge in [-0.25, -0.2) is 8.78 Å². The number of hydrogen-bond acceptors (Lipinski definition) is 6. The Balaban J connectivity index is 2.17. The molecule has 1 heterocycles. The molecule has 158 valence electrons. The third-order valence-corrected chi connectivity index (χ3v) is 5.15. The van der Waals surface area contributed by atoms with Gasteiger partial charge in [0.2, 0.25) is 0 Å². The number of aromatic nitrogens is 1. The molecule has 0 saturated heterocycles. The second kappa shape index (κ2) is 9.04. The zero-order valence-electron chi connectivity index (χ0n) is 16.4. The minimum Gasteiger partial charge on any atom is -0.497 e. The van der Waals surface area contributed by atoms with Gasteiger partial charge in [-0.2, -0.15) is 4.99 Å². The first-order chi connectivity index (χ1) is 14.4. The van der Waals surface area contributed by atoms with Crippen LogP contribution < -0.4 is 14.3 Å². The highest BCUT2D eigenvalue weighted by Gasteiger charge is 2.18. The van der Waals surface area contributed by atoms with Crippen molar-refractivity contribution in [1.29, 1.82) is 0 Å². The van der Waals surface area contributed by atoms with Crippen LogP contribution in [0.1, 0.15) is 17.3 Å². The van der Waals surface area contributed by atoms with E-state index < -0.39 is 23.5 Å². The van der Waals surface area contributed by atoms with Gasteiger partial charge in [-0.3, -0.25) is 9.59 Å². The van der Waals surface area contributed by atoms with Crippen molar-refractivity contribution in [2.45, 2.75) is 13.5 Å². The van der Waals surface area contributed by atoms with Crippen molar-refractivity contribution in [3.63, 3.8) is 0 Å². The Morgan fingerprint density at radius 1 is 1.13 bits per heavy atom. The van der Waals surface area contributed by atoms with Crippen molar-refractivity contribution < 1.29 is 32.6 Å². The number of amides is 1. The fraction of sp³-hybridized carbons (Fsp3) is 0.250. The van der Waals surface area contributed by atoms with E-state index >= 15 is 0 Å². The lowest BCUT2D eigenvalue weighted by atomic mass is 10.2. The second-order valence-corrected chi connectivity index (χ2v) is 7.00. The molecule has 1 amide bonds. The average molecular weight is 436 g/mol. The molecule has 0 aliphatic carbocycles. The van der Waals surface area contributed by atoms with Crippen LogP contribution in [0.5, 0.6) is 11.5 Å². The van der Waals surface area contributed by atoms with Gasteiger partial charge in [0.25, 0.3) is 5.91 Å². The summed E-state index contributed by atoms with van der Waals surface area (Å²) in [4.78, 5) is 28.9. The van der Waals surface area contributed by atoms with Gasteiger partial charge in [0.15, 0.2) is 10.6 Å². The first-order valence-electron chi connectivity index (χ1n) is 8.83. The van der Waals surface area contributed by atoms with Crippen LogP contribution in [0.2, 0.25) is 0 Å². The Morgan fingerprint density at radius 2 is 1.90 bits per heavy atom. The first kappa shape index (κ1) is 21.4. The quantitative estimate of drug-likeness (QED) is 0.554. The zero-order chi connectivity index (χ0) is 21.8. The summed E-state index contributed by atoms with van der Waals surface area (Å²) in [6.07, 6.45) is 0. The predicted octanol–water partition coefficient (Wildman–Crippen LogP) is 3.30. The molecule has 0 N–H and O–H groups in total. The molecule has 0 unspecified atom stereocenters. The Kier molecular flexibility index (Phi) is 6.46. The maximum Gasteiger partial charge on any atom is 0.326 e. The normalized spacial score (nSPS) is 11.6. The number of esters is 1. The predicted molar refractivity (Wildman–Crippen MR) is 106 cm³/mol. The number of nitrogens with zero attached hydrogens (tertiary/aromatic N) is 2. The summed E-state index contributed by atoms with van der Waals surface area (Å²) in [6, 6.07) is 6.39. The van der Waals surface area contributed by atoms with Crippen molar-refractivity contribution >= 4 is 33.4 Å². The number of carbonyl (C=O) groups is 2. The van der Waals surface area contributed by atoms with Gasteiger partial charge in [0.1, 0.15) is 23.9 Å². The fourth-order valence-electron chi connectivity index (χ4n) is 2.82.